The molecule has 0 aromatic heterocycles. The Kier molecular flexibility index (Phi) is 2.42. The minimum absolute atomic E-state index is 0.200. The van der Waals surface area contributed by atoms with Crippen molar-refractivity contribution in [1.82, 2.24) is 5.32 Å². The normalized spacial score (nSPS) is 23.2. The summed E-state index contributed by atoms with van der Waals surface area (Å²) in [7, 11) is 1.15. The molecule has 66 valence electrons. The molecule has 1 rings (SSSR count). The zero-order valence-corrected chi connectivity index (χ0v) is 6.62. The van der Waals surface area contributed by atoms with Crippen molar-refractivity contribution in [2.45, 2.75) is 6.42 Å². The van der Waals surface area contributed by atoms with Gasteiger partial charge < -0.3 is 10.1 Å². The first-order valence-electron chi connectivity index (χ1n) is 3.55. The van der Waals surface area contributed by atoms with Crippen LogP contribution in [0.2, 0.25) is 0 Å². The molecule has 0 aliphatic carbocycles. The molecule has 0 aromatic carbocycles. The number of hydrogen-bond donors (Lipinski definition) is 1. The number of hydrogen-bond acceptors (Lipinski definition) is 4. The lowest BCUT2D eigenvalue weighted by Crippen LogP contribution is -2.46. The van der Waals surface area contributed by atoms with E-state index in [1.54, 1.807) is 0 Å². The van der Waals surface area contributed by atoms with Crippen molar-refractivity contribution in [3.63, 3.8) is 0 Å². The molecule has 0 radical (unpaired) electrons. The van der Waals surface area contributed by atoms with Crippen LogP contribution in [0.4, 0.5) is 0 Å². The van der Waals surface area contributed by atoms with Crippen LogP contribution >= 0.6 is 0 Å². The molecular weight excluding hydrogens is 162 g/mol. The van der Waals surface area contributed by atoms with Gasteiger partial charge in [0.1, 0.15) is 0 Å². The highest BCUT2D eigenvalue weighted by molar-refractivity contribution is 6.17. The molecule has 5 heteroatoms. The fourth-order valence-electron chi connectivity index (χ4n) is 1.06. The Bertz CT molecular complexity index is 209. The Hall–Kier alpha value is -1.39. The van der Waals surface area contributed by atoms with Crippen molar-refractivity contribution < 1.29 is 19.1 Å². The van der Waals surface area contributed by atoms with E-state index in [1.807, 2.05) is 0 Å². The minimum atomic E-state index is -1.25. The number of carbonyl (C=O) groups is 3. The van der Waals surface area contributed by atoms with Crippen LogP contribution in [0.15, 0.2) is 0 Å². The number of esters is 1. The maximum absolute atomic E-state index is 11.0. The summed E-state index contributed by atoms with van der Waals surface area (Å²) < 4.78 is 4.31. The topological polar surface area (TPSA) is 72.5 Å². The number of nitrogens with one attached hydrogen (secondary N) is 1. The second-order valence-corrected chi connectivity index (χ2v) is 2.46. The summed E-state index contributed by atoms with van der Waals surface area (Å²) in [4.78, 5) is 32.9. The summed E-state index contributed by atoms with van der Waals surface area (Å²) >= 11 is 0. The lowest BCUT2D eigenvalue weighted by molar-refractivity contribution is -0.154. The predicted molar refractivity (Wildman–Crippen MR) is 38.1 cm³/mol. The van der Waals surface area contributed by atoms with Crippen molar-refractivity contribution in [3.8, 4) is 0 Å². The second kappa shape index (κ2) is 3.34. The summed E-state index contributed by atoms with van der Waals surface area (Å²) in [5, 5.41) is 2.42. The average Bonchev–Trinajstić information content (AvgIpc) is 2.03. The number of amides is 1. The van der Waals surface area contributed by atoms with Crippen LogP contribution in [0.5, 0.6) is 0 Å². The van der Waals surface area contributed by atoms with Crippen LogP contribution in [0, 0.1) is 5.92 Å². The van der Waals surface area contributed by atoms with Gasteiger partial charge in [0.05, 0.1) is 7.11 Å². The third-order valence-corrected chi connectivity index (χ3v) is 1.69. The summed E-state index contributed by atoms with van der Waals surface area (Å²) in [6, 6.07) is 0. The number of Topliss-reactive ketones (excluding diaryl/α,β-unsaturated/α-hetero) is 1. The highest BCUT2D eigenvalue weighted by Gasteiger charge is 2.37. The first kappa shape index (κ1) is 8.70. The molecular formula is C7H9NO4. The molecule has 5 nitrogen and oxygen atoms in total. The Labute approximate surface area is 69.1 Å². The number of methoxy groups -OCH3 is 1. The first-order valence-corrected chi connectivity index (χ1v) is 3.55. The Morgan fingerprint density at radius 1 is 1.58 bits per heavy atom. The van der Waals surface area contributed by atoms with Crippen LogP contribution < -0.4 is 5.32 Å². The van der Waals surface area contributed by atoms with Crippen molar-refractivity contribution in [3.05, 3.63) is 0 Å². The molecule has 0 unspecified atom stereocenters. The van der Waals surface area contributed by atoms with Crippen LogP contribution in [0.3, 0.4) is 0 Å². The SMILES string of the molecule is COC(=O)[C@@H]1C(=O)CCNC1=O. The first-order chi connectivity index (χ1) is 5.66. The second-order valence-electron chi connectivity index (χ2n) is 2.46. The Morgan fingerprint density at radius 2 is 2.25 bits per heavy atom. The number of rotatable bonds is 1. The van der Waals surface area contributed by atoms with E-state index < -0.39 is 17.8 Å². The number of piperidine rings is 1. The molecule has 1 amide bonds. The van der Waals surface area contributed by atoms with Gasteiger partial charge in [-0.05, 0) is 0 Å². The molecule has 0 aromatic rings. The Balaban J connectivity index is 2.76. The van der Waals surface area contributed by atoms with Crippen molar-refractivity contribution in [2.24, 2.45) is 5.92 Å². The fourth-order valence-corrected chi connectivity index (χ4v) is 1.06. The molecule has 1 aliphatic rings. The summed E-state index contributed by atoms with van der Waals surface area (Å²) in [6.45, 7) is 0.311. The van der Waals surface area contributed by atoms with E-state index in [0.29, 0.717) is 6.54 Å². The number of ketones is 1. The average molecular weight is 171 g/mol. The third kappa shape index (κ3) is 1.44. The molecule has 12 heavy (non-hydrogen) atoms. The summed E-state index contributed by atoms with van der Waals surface area (Å²) in [5.41, 5.74) is 0. The lowest BCUT2D eigenvalue weighted by Gasteiger charge is -2.18. The number of ether oxygens (including phenoxy) is 1. The van der Waals surface area contributed by atoms with E-state index in [-0.39, 0.29) is 12.2 Å². The highest BCUT2D eigenvalue weighted by atomic mass is 16.5. The van der Waals surface area contributed by atoms with Crippen molar-refractivity contribution in [2.75, 3.05) is 13.7 Å². The lowest BCUT2D eigenvalue weighted by atomic mass is 9.97. The van der Waals surface area contributed by atoms with E-state index in [0.717, 1.165) is 7.11 Å². The molecule has 1 fully saturated rings. The van der Waals surface area contributed by atoms with E-state index >= 15 is 0 Å². The van der Waals surface area contributed by atoms with Crippen LogP contribution in [-0.2, 0) is 19.1 Å². The van der Waals surface area contributed by atoms with E-state index in [1.165, 1.54) is 0 Å². The van der Waals surface area contributed by atoms with Gasteiger partial charge in [-0.15, -0.1) is 0 Å². The molecule has 1 N–H and O–H groups in total. The largest absolute Gasteiger partial charge is 0.468 e. The monoisotopic (exact) mass is 171 g/mol. The van der Waals surface area contributed by atoms with Gasteiger partial charge >= 0.3 is 5.97 Å². The van der Waals surface area contributed by atoms with Gasteiger partial charge in [-0.2, -0.15) is 0 Å². The van der Waals surface area contributed by atoms with Gasteiger partial charge in [0.15, 0.2) is 11.7 Å². The predicted octanol–water partition coefficient (Wildman–Crippen LogP) is -1.14. The van der Waals surface area contributed by atoms with Gasteiger partial charge in [-0.1, -0.05) is 0 Å². The molecule has 1 aliphatic heterocycles. The zero-order valence-electron chi connectivity index (χ0n) is 6.62. The maximum atomic E-state index is 11.0. The third-order valence-electron chi connectivity index (χ3n) is 1.69. The fraction of sp³-hybridized carbons (Fsp3) is 0.571. The van der Waals surface area contributed by atoms with Gasteiger partial charge in [0, 0.05) is 13.0 Å². The number of carbonyl (C=O) groups excluding carboxylic acids is 3. The molecule has 1 atom stereocenters. The van der Waals surface area contributed by atoms with Gasteiger partial charge in [0.2, 0.25) is 5.91 Å². The van der Waals surface area contributed by atoms with E-state index in [4.69, 9.17) is 0 Å². The van der Waals surface area contributed by atoms with E-state index in [2.05, 4.69) is 10.1 Å². The van der Waals surface area contributed by atoms with Crippen molar-refractivity contribution in [1.29, 1.82) is 0 Å². The quantitative estimate of drug-likeness (QED) is 0.400. The van der Waals surface area contributed by atoms with Gasteiger partial charge in [-0.3, -0.25) is 14.4 Å². The van der Waals surface area contributed by atoms with Crippen LogP contribution in [0.25, 0.3) is 0 Å². The molecule has 0 saturated carbocycles. The summed E-state index contributed by atoms with van der Waals surface area (Å²) in [6.07, 6.45) is 0.200. The summed E-state index contributed by atoms with van der Waals surface area (Å²) in [5.74, 6) is -2.95. The van der Waals surface area contributed by atoms with Gasteiger partial charge in [-0.25, -0.2) is 0 Å². The standard InChI is InChI=1S/C7H9NO4/c1-12-7(11)5-4(9)2-3-8-6(5)10/h5H,2-3H2,1H3,(H,8,10)/t5-/m1/s1. The molecule has 1 saturated heterocycles. The highest BCUT2D eigenvalue weighted by Crippen LogP contribution is 2.08. The molecule has 1 heterocycles. The molecule has 0 bridgehead atoms. The molecule has 0 spiro atoms. The van der Waals surface area contributed by atoms with Crippen LogP contribution in [-0.4, -0.2) is 31.3 Å². The smallest absolute Gasteiger partial charge is 0.325 e. The van der Waals surface area contributed by atoms with Gasteiger partial charge in [0.25, 0.3) is 0 Å². The van der Waals surface area contributed by atoms with Crippen LogP contribution in [0.1, 0.15) is 6.42 Å². The maximum Gasteiger partial charge on any atom is 0.325 e. The Morgan fingerprint density at radius 3 is 2.75 bits per heavy atom. The minimum Gasteiger partial charge on any atom is -0.468 e. The zero-order chi connectivity index (χ0) is 9.14. The van der Waals surface area contributed by atoms with E-state index in [9.17, 15) is 14.4 Å². The van der Waals surface area contributed by atoms with Crippen molar-refractivity contribution >= 4 is 17.7 Å².